The highest BCUT2D eigenvalue weighted by molar-refractivity contribution is 7.47. The van der Waals surface area contributed by atoms with E-state index in [0.29, 0.717) is 17.4 Å². The summed E-state index contributed by atoms with van der Waals surface area (Å²) in [6, 6.07) is -0.865. The monoisotopic (exact) mass is 910 g/mol. The van der Waals surface area contributed by atoms with E-state index in [2.05, 4.69) is 43.5 Å². The number of quaternary nitrogens is 1. The summed E-state index contributed by atoms with van der Waals surface area (Å²) >= 11 is 0. The lowest BCUT2D eigenvalue weighted by molar-refractivity contribution is -0.870. The average Bonchev–Trinajstić information content (AvgIpc) is 3.24. The SMILES string of the molecule is CCCCCCCCCCCCCCCCCCCCCCCC/C=C/CC/C=C/CC/C=C/C(O)C(COP(=O)(O)OCC[N+](C)(C)C)NC(=O)CCCCCCCCCCC. The molecule has 3 atom stereocenters. The number of aliphatic hydroxyl groups is 1. The zero-order chi connectivity index (χ0) is 46.4. The Morgan fingerprint density at radius 3 is 1.27 bits per heavy atom. The lowest BCUT2D eigenvalue weighted by atomic mass is 10.0. The molecule has 0 saturated carbocycles. The van der Waals surface area contributed by atoms with Crippen LogP contribution in [0.3, 0.4) is 0 Å². The second kappa shape index (κ2) is 45.9. The highest BCUT2D eigenvalue weighted by Crippen LogP contribution is 2.43. The first-order valence-electron chi connectivity index (χ1n) is 26.9. The Hall–Kier alpha value is -1.28. The summed E-state index contributed by atoms with van der Waals surface area (Å²) in [6.45, 7) is 4.77. The van der Waals surface area contributed by atoms with Crippen molar-refractivity contribution in [3.63, 3.8) is 0 Å². The average molecular weight is 910 g/mol. The van der Waals surface area contributed by atoms with E-state index in [4.69, 9.17) is 9.05 Å². The quantitative estimate of drug-likeness (QED) is 0.0243. The normalized spacial score (nSPS) is 14.3. The van der Waals surface area contributed by atoms with E-state index in [-0.39, 0.29) is 19.1 Å². The number of rotatable bonds is 49. The van der Waals surface area contributed by atoms with Gasteiger partial charge in [0.1, 0.15) is 13.2 Å². The Labute approximate surface area is 391 Å². The van der Waals surface area contributed by atoms with Crippen LogP contribution in [-0.2, 0) is 18.4 Å². The lowest BCUT2D eigenvalue weighted by Gasteiger charge is -2.25. The first kappa shape index (κ1) is 61.7. The predicted molar refractivity (Wildman–Crippen MR) is 272 cm³/mol. The first-order chi connectivity index (χ1) is 30.5. The van der Waals surface area contributed by atoms with Crippen LogP contribution in [0.4, 0.5) is 0 Å². The molecule has 63 heavy (non-hydrogen) atoms. The smallest absolute Gasteiger partial charge is 0.387 e. The molecule has 1 amide bonds. The van der Waals surface area contributed by atoms with Gasteiger partial charge in [-0.1, -0.05) is 237 Å². The molecule has 0 radical (unpaired) electrons. The van der Waals surface area contributed by atoms with Gasteiger partial charge in [0.2, 0.25) is 5.91 Å². The fourth-order valence-electron chi connectivity index (χ4n) is 7.84. The number of nitrogens with one attached hydrogen (secondary N) is 1. The predicted octanol–water partition coefficient (Wildman–Crippen LogP) is 15.8. The van der Waals surface area contributed by atoms with Crippen molar-refractivity contribution in [3.8, 4) is 0 Å². The number of amides is 1. The van der Waals surface area contributed by atoms with Crippen molar-refractivity contribution in [1.29, 1.82) is 0 Å². The van der Waals surface area contributed by atoms with E-state index in [0.717, 1.165) is 44.9 Å². The number of unbranched alkanes of at least 4 members (excludes halogenated alkanes) is 32. The van der Waals surface area contributed by atoms with Gasteiger partial charge in [0, 0.05) is 6.42 Å². The van der Waals surface area contributed by atoms with Gasteiger partial charge in [-0.2, -0.15) is 0 Å². The maximum Gasteiger partial charge on any atom is 0.472 e. The molecule has 0 aliphatic rings. The third-order valence-corrected chi connectivity index (χ3v) is 13.1. The van der Waals surface area contributed by atoms with Crippen molar-refractivity contribution in [3.05, 3.63) is 36.5 Å². The second-order valence-corrected chi connectivity index (χ2v) is 21.0. The summed E-state index contributed by atoms with van der Waals surface area (Å²) in [5.41, 5.74) is 0. The van der Waals surface area contributed by atoms with Crippen molar-refractivity contribution >= 4 is 13.7 Å². The van der Waals surface area contributed by atoms with Crippen molar-refractivity contribution in [2.75, 3.05) is 40.9 Å². The van der Waals surface area contributed by atoms with Crippen LogP contribution in [-0.4, -0.2) is 73.4 Å². The zero-order valence-electron chi connectivity index (χ0n) is 42.3. The Kier molecular flexibility index (Phi) is 44.9. The van der Waals surface area contributed by atoms with E-state index >= 15 is 0 Å². The molecule has 0 bridgehead atoms. The molecule has 9 heteroatoms. The molecular weight excluding hydrogens is 804 g/mol. The van der Waals surface area contributed by atoms with Crippen LogP contribution in [0.25, 0.3) is 0 Å². The number of carbonyl (C=O) groups is 1. The van der Waals surface area contributed by atoms with Crippen molar-refractivity contribution in [2.45, 2.75) is 264 Å². The number of hydrogen-bond donors (Lipinski definition) is 3. The van der Waals surface area contributed by atoms with Gasteiger partial charge in [0.15, 0.2) is 0 Å². The molecular formula is C54H106N2O6P+. The van der Waals surface area contributed by atoms with Crippen LogP contribution in [0, 0.1) is 0 Å². The Morgan fingerprint density at radius 1 is 0.524 bits per heavy atom. The number of phosphoric ester groups is 1. The molecule has 0 aromatic rings. The third kappa shape index (κ3) is 48.5. The van der Waals surface area contributed by atoms with E-state index < -0.39 is 20.0 Å². The minimum Gasteiger partial charge on any atom is -0.387 e. The van der Waals surface area contributed by atoms with E-state index in [1.165, 1.54) is 186 Å². The Bertz CT molecular complexity index is 1120. The first-order valence-corrected chi connectivity index (χ1v) is 28.4. The standard InChI is InChI=1S/C54H105N2O6P/c1-6-8-10-12-14-16-17-18-19-20-21-22-23-24-25-26-27-28-29-30-31-32-33-34-35-36-37-38-40-41-43-45-47-53(57)52(51-62-63(59,60)61-50-49-56(3,4)5)55-54(58)48-46-44-42-39-15-13-11-9-7-2/h34-35,38,40,45,47,52-53,57H,6-33,36-37,39,41-44,46,48-51H2,1-5H3,(H-,55,58,59,60)/p+1/b35-34+,40-38+,47-45+. The molecule has 8 nitrogen and oxygen atoms in total. The van der Waals surface area contributed by atoms with E-state index in [1.54, 1.807) is 6.08 Å². The highest BCUT2D eigenvalue weighted by atomic mass is 31.2. The van der Waals surface area contributed by atoms with Gasteiger partial charge in [-0.25, -0.2) is 4.57 Å². The molecule has 0 heterocycles. The van der Waals surface area contributed by atoms with Crippen molar-refractivity contribution in [2.24, 2.45) is 0 Å². The highest BCUT2D eigenvalue weighted by Gasteiger charge is 2.27. The molecule has 3 N–H and O–H groups in total. The molecule has 372 valence electrons. The maximum atomic E-state index is 12.8. The van der Waals surface area contributed by atoms with Crippen molar-refractivity contribution < 1.29 is 32.9 Å². The molecule has 0 aliphatic carbocycles. The summed E-state index contributed by atoms with van der Waals surface area (Å²) < 4.78 is 23.5. The number of likely N-dealkylation sites (N-methyl/N-ethyl adjacent to an activating group) is 1. The second-order valence-electron chi connectivity index (χ2n) is 19.6. The molecule has 0 spiro atoms. The molecule has 0 fully saturated rings. The topological polar surface area (TPSA) is 105 Å². The number of hydrogen-bond acceptors (Lipinski definition) is 5. The fourth-order valence-corrected chi connectivity index (χ4v) is 8.58. The molecule has 0 aromatic heterocycles. The van der Waals surface area contributed by atoms with Gasteiger partial charge < -0.3 is 19.8 Å². The van der Waals surface area contributed by atoms with Crippen LogP contribution in [0.15, 0.2) is 36.5 Å². The van der Waals surface area contributed by atoms with E-state index in [1.807, 2.05) is 27.2 Å². The molecule has 0 saturated heterocycles. The third-order valence-electron chi connectivity index (χ3n) is 12.1. The van der Waals surface area contributed by atoms with Gasteiger partial charge >= 0.3 is 7.82 Å². The van der Waals surface area contributed by atoms with Gasteiger partial charge in [-0.3, -0.25) is 13.8 Å². The van der Waals surface area contributed by atoms with Crippen LogP contribution in [0.2, 0.25) is 0 Å². The summed E-state index contributed by atoms with van der Waals surface area (Å²) in [7, 11) is 1.55. The Balaban J connectivity index is 4.09. The minimum atomic E-state index is -4.35. The lowest BCUT2D eigenvalue weighted by Crippen LogP contribution is -2.45. The number of allylic oxidation sites excluding steroid dienone is 5. The van der Waals surface area contributed by atoms with E-state index in [9.17, 15) is 19.4 Å². The van der Waals surface area contributed by atoms with Crippen LogP contribution in [0.5, 0.6) is 0 Å². The number of aliphatic hydroxyl groups excluding tert-OH is 1. The van der Waals surface area contributed by atoms with Crippen LogP contribution >= 0.6 is 7.82 Å². The van der Waals surface area contributed by atoms with Gasteiger partial charge in [0.25, 0.3) is 0 Å². The number of nitrogens with zero attached hydrogens (tertiary/aromatic N) is 1. The molecule has 0 rings (SSSR count). The van der Waals surface area contributed by atoms with Crippen LogP contribution < -0.4 is 5.32 Å². The van der Waals surface area contributed by atoms with Gasteiger partial charge in [0.05, 0.1) is 39.9 Å². The summed E-state index contributed by atoms with van der Waals surface area (Å²) in [6.07, 6.45) is 58.5. The number of phosphoric acid groups is 1. The summed E-state index contributed by atoms with van der Waals surface area (Å²) in [4.78, 5) is 23.1. The summed E-state index contributed by atoms with van der Waals surface area (Å²) in [5, 5.41) is 13.8. The largest absolute Gasteiger partial charge is 0.472 e. The van der Waals surface area contributed by atoms with Crippen molar-refractivity contribution in [1.82, 2.24) is 5.32 Å². The van der Waals surface area contributed by atoms with Crippen LogP contribution in [0.1, 0.15) is 251 Å². The minimum absolute atomic E-state index is 0.0544. The number of carbonyl (C=O) groups excluding carboxylic acids is 1. The molecule has 0 aliphatic heterocycles. The van der Waals surface area contributed by atoms with Gasteiger partial charge in [-0.05, 0) is 44.9 Å². The van der Waals surface area contributed by atoms with Gasteiger partial charge in [-0.15, -0.1) is 0 Å². The Morgan fingerprint density at radius 2 is 0.873 bits per heavy atom. The molecule has 0 aromatic carbocycles. The maximum absolute atomic E-state index is 12.8. The fraction of sp³-hybridized carbons (Fsp3) is 0.870. The zero-order valence-corrected chi connectivity index (χ0v) is 43.2. The molecule has 3 unspecified atom stereocenters. The summed E-state index contributed by atoms with van der Waals surface area (Å²) in [5.74, 6) is -0.194.